The first-order valence-electron chi connectivity index (χ1n) is 8.06. The van der Waals surface area contributed by atoms with Gasteiger partial charge in [-0.1, -0.05) is 30.3 Å². The highest BCUT2D eigenvalue weighted by atomic mass is 16.4. The van der Waals surface area contributed by atoms with Crippen LogP contribution in [0.1, 0.15) is 15.9 Å². The van der Waals surface area contributed by atoms with E-state index in [1.807, 2.05) is 29.0 Å². The summed E-state index contributed by atoms with van der Waals surface area (Å²) in [5.74, 6) is -0.967. The summed E-state index contributed by atoms with van der Waals surface area (Å²) < 4.78 is 1.99. The topological polar surface area (TPSA) is 71.2 Å². The number of aromatic nitrogens is 3. The van der Waals surface area contributed by atoms with Crippen molar-refractivity contribution in [1.82, 2.24) is 19.4 Å². The lowest BCUT2D eigenvalue weighted by Crippen LogP contribution is -2.22. The van der Waals surface area contributed by atoms with Gasteiger partial charge in [-0.25, -0.2) is 9.78 Å². The molecule has 6 nitrogen and oxygen atoms in total. The van der Waals surface area contributed by atoms with Gasteiger partial charge in [0.15, 0.2) is 0 Å². The van der Waals surface area contributed by atoms with Gasteiger partial charge in [0.25, 0.3) is 0 Å². The van der Waals surface area contributed by atoms with Gasteiger partial charge in [-0.3, -0.25) is 4.98 Å². The number of aromatic carboxylic acids is 1. The first-order valence-corrected chi connectivity index (χ1v) is 8.06. The molecule has 0 aliphatic rings. The van der Waals surface area contributed by atoms with Gasteiger partial charge >= 0.3 is 5.97 Å². The molecule has 0 spiro atoms. The van der Waals surface area contributed by atoms with E-state index < -0.39 is 5.97 Å². The molecule has 3 aromatic rings. The Bertz CT molecular complexity index is 845. The molecule has 0 saturated carbocycles. The summed E-state index contributed by atoms with van der Waals surface area (Å²) in [6.45, 7) is 2.58. The average molecular weight is 336 g/mol. The smallest absolute Gasteiger partial charge is 0.335 e. The van der Waals surface area contributed by atoms with Crippen LogP contribution in [-0.4, -0.2) is 44.1 Å². The maximum atomic E-state index is 11.1. The molecular formula is C19H20N4O2. The van der Waals surface area contributed by atoms with Gasteiger partial charge in [-0.05, 0) is 24.7 Å². The second-order valence-electron chi connectivity index (χ2n) is 5.96. The van der Waals surface area contributed by atoms with Crippen LogP contribution in [0.15, 0.2) is 61.2 Å². The van der Waals surface area contributed by atoms with Crippen LogP contribution in [0, 0.1) is 0 Å². The van der Waals surface area contributed by atoms with Crippen molar-refractivity contribution >= 4 is 5.97 Å². The fourth-order valence-corrected chi connectivity index (χ4v) is 2.58. The van der Waals surface area contributed by atoms with Crippen LogP contribution in [0.2, 0.25) is 0 Å². The van der Waals surface area contributed by atoms with Gasteiger partial charge in [0.2, 0.25) is 0 Å². The summed E-state index contributed by atoms with van der Waals surface area (Å²) >= 11 is 0. The number of imidazole rings is 1. The zero-order valence-corrected chi connectivity index (χ0v) is 14.0. The van der Waals surface area contributed by atoms with Gasteiger partial charge in [-0.15, -0.1) is 0 Å². The molecule has 1 N–H and O–H groups in total. The summed E-state index contributed by atoms with van der Waals surface area (Å²) in [5.41, 5.74) is 2.73. The second kappa shape index (κ2) is 7.72. The van der Waals surface area contributed by atoms with Crippen molar-refractivity contribution in [2.75, 3.05) is 13.6 Å². The summed E-state index contributed by atoms with van der Waals surface area (Å²) in [6, 6.07) is 13.4. The van der Waals surface area contributed by atoms with Gasteiger partial charge < -0.3 is 14.6 Å². The summed E-state index contributed by atoms with van der Waals surface area (Å²) in [4.78, 5) is 21.9. The van der Waals surface area contributed by atoms with Crippen molar-refractivity contribution in [2.45, 2.75) is 13.1 Å². The van der Waals surface area contributed by atoms with E-state index in [-0.39, 0.29) is 5.56 Å². The van der Waals surface area contributed by atoms with Gasteiger partial charge in [0, 0.05) is 32.0 Å². The zero-order chi connectivity index (χ0) is 17.6. The van der Waals surface area contributed by atoms with E-state index in [9.17, 15) is 4.79 Å². The summed E-state index contributed by atoms with van der Waals surface area (Å²) in [5, 5.41) is 9.07. The number of hydrogen-bond acceptors (Lipinski definition) is 4. The van der Waals surface area contributed by atoms with Crippen molar-refractivity contribution in [3.05, 3.63) is 72.3 Å². The second-order valence-corrected chi connectivity index (χ2v) is 5.96. The largest absolute Gasteiger partial charge is 0.478 e. The van der Waals surface area contributed by atoms with Crippen LogP contribution in [0.25, 0.3) is 11.4 Å². The molecule has 0 aliphatic heterocycles. The third-order valence-corrected chi connectivity index (χ3v) is 3.94. The lowest BCUT2D eigenvalue weighted by molar-refractivity contribution is 0.0697. The van der Waals surface area contributed by atoms with Crippen molar-refractivity contribution in [3.63, 3.8) is 0 Å². The normalized spacial score (nSPS) is 11.0. The minimum absolute atomic E-state index is 0.210. The molecule has 2 aromatic heterocycles. The molecule has 6 heteroatoms. The van der Waals surface area contributed by atoms with E-state index in [1.54, 1.807) is 6.33 Å². The Hall–Kier alpha value is -2.99. The maximum absolute atomic E-state index is 11.1. The quantitative estimate of drug-likeness (QED) is 0.718. The van der Waals surface area contributed by atoms with E-state index >= 15 is 0 Å². The highest BCUT2D eigenvalue weighted by molar-refractivity contribution is 5.88. The van der Waals surface area contributed by atoms with Gasteiger partial charge in [-0.2, -0.15) is 0 Å². The van der Waals surface area contributed by atoms with Crippen LogP contribution in [0.3, 0.4) is 0 Å². The summed E-state index contributed by atoms with van der Waals surface area (Å²) in [7, 11) is 2.09. The summed E-state index contributed by atoms with van der Waals surface area (Å²) in [6.07, 6.45) is 5.14. The predicted octanol–water partition coefficient (Wildman–Crippen LogP) is 2.78. The SMILES string of the molecule is CN(CCn1cnc(-c2cc(C(=O)O)ccn2)c1)Cc1ccccc1. The molecule has 25 heavy (non-hydrogen) atoms. The van der Waals surface area contributed by atoms with Crippen LogP contribution in [-0.2, 0) is 13.1 Å². The Morgan fingerprint density at radius 1 is 1.16 bits per heavy atom. The fraction of sp³-hybridized carbons (Fsp3) is 0.211. The monoisotopic (exact) mass is 336 g/mol. The molecule has 0 radical (unpaired) electrons. The molecule has 1 aromatic carbocycles. The number of carboxylic acid groups (broad SMARTS) is 1. The van der Waals surface area contributed by atoms with E-state index in [1.165, 1.54) is 23.9 Å². The standard InChI is InChI=1S/C19H20N4O2/c1-22(12-15-5-3-2-4-6-15)9-10-23-13-18(21-14-23)17-11-16(19(24)25)7-8-20-17/h2-8,11,13-14H,9-10,12H2,1H3,(H,24,25). The first kappa shape index (κ1) is 16.9. The zero-order valence-electron chi connectivity index (χ0n) is 14.0. The molecule has 0 bridgehead atoms. The van der Waals surface area contributed by atoms with Crippen LogP contribution in [0.5, 0.6) is 0 Å². The third-order valence-electron chi connectivity index (χ3n) is 3.94. The van der Waals surface area contributed by atoms with E-state index in [0.29, 0.717) is 11.4 Å². The van der Waals surface area contributed by atoms with E-state index in [0.717, 1.165) is 19.6 Å². The van der Waals surface area contributed by atoms with Gasteiger partial charge in [0.1, 0.15) is 5.69 Å². The fourth-order valence-electron chi connectivity index (χ4n) is 2.58. The minimum atomic E-state index is -0.967. The Morgan fingerprint density at radius 2 is 1.96 bits per heavy atom. The van der Waals surface area contributed by atoms with Gasteiger partial charge in [0.05, 0.1) is 17.6 Å². The molecule has 0 unspecified atom stereocenters. The molecular weight excluding hydrogens is 316 g/mol. The Labute approximate surface area is 146 Å². The number of carbonyl (C=O) groups is 1. The highest BCUT2D eigenvalue weighted by Gasteiger charge is 2.09. The van der Waals surface area contributed by atoms with Crippen molar-refractivity contribution in [1.29, 1.82) is 0 Å². The molecule has 0 saturated heterocycles. The Balaban J connectivity index is 1.60. The first-order chi connectivity index (χ1) is 12.1. The number of likely N-dealkylation sites (N-methyl/N-ethyl adjacent to an activating group) is 1. The number of nitrogens with zero attached hydrogens (tertiary/aromatic N) is 4. The number of carboxylic acids is 1. The number of rotatable bonds is 7. The Kier molecular flexibility index (Phi) is 5.20. The van der Waals surface area contributed by atoms with Crippen molar-refractivity contribution in [2.24, 2.45) is 0 Å². The molecule has 2 heterocycles. The molecule has 3 rings (SSSR count). The lowest BCUT2D eigenvalue weighted by atomic mass is 10.2. The van der Waals surface area contributed by atoms with Crippen molar-refractivity contribution in [3.8, 4) is 11.4 Å². The molecule has 128 valence electrons. The predicted molar refractivity (Wildman–Crippen MR) is 95.2 cm³/mol. The van der Waals surface area contributed by atoms with Crippen molar-refractivity contribution < 1.29 is 9.90 Å². The number of pyridine rings is 1. The Morgan fingerprint density at radius 3 is 2.72 bits per heavy atom. The van der Waals surface area contributed by atoms with Crippen LogP contribution in [0.4, 0.5) is 0 Å². The van der Waals surface area contributed by atoms with E-state index in [4.69, 9.17) is 5.11 Å². The maximum Gasteiger partial charge on any atom is 0.335 e. The minimum Gasteiger partial charge on any atom is -0.478 e. The molecule has 0 fully saturated rings. The lowest BCUT2D eigenvalue weighted by Gasteiger charge is -2.16. The molecule has 0 amide bonds. The molecule has 0 atom stereocenters. The average Bonchev–Trinajstić information content (AvgIpc) is 3.10. The van der Waals surface area contributed by atoms with Crippen LogP contribution >= 0.6 is 0 Å². The third kappa shape index (κ3) is 4.51. The molecule has 0 aliphatic carbocycles. The number of hydrogen-bond donors (Lipinski definition) is 1. The highest BCUT2D eigenvalue weighted by Crippen LogP contribution is 2.15. The van der Waals surface area contributed by atoms with E-state index in [2.05, 4.69) is 34.0 Å². The van der Waals surface area contributed by atoms with Crippen LogP contribution < -0.4 is 0 Å². The number of benzene rings is 1.